The summed E-state index contributed by atoms with van der Waals surface area (Å²) in [5.41, 5.74) is 1.24. The predicted octanol–water partition coefficient (Wildman–Crippen LogP) is 4.02. The lowest BCUT2D eigenvalue weighted by Gasteiger charge is -2.29. The lowest BCUT2D eigenvalue weighted by Crippen LogP contribution is -2.34. The average Bonchev–Trinajstić information content (AvgIpc) is 2.18. The van der Waals surface area contributed by atoms with E-state index in [0.717, 1.165) is 16.8 Å². The topological polar surface area (TPSA) is 16.1 Å². The summed E-state index contributed by atoms with van der Waals surface area (Å²) in [4.78, 5) is 6.84. The van der Waals surface area contributed by atoms with E-state index in [-0.39, 0.29) is 0 Å². The molecule has 0 bridgehead atoms. The first-order valence-electron chi connectivity index (χ1n) is 5.80. The first-order valence-corrected chi connectivity index (χ1v) is 6.60. The van der Waals surface area contributed by atoms with Crippen molar-refractivity contribution in [3.63, 3.8) is 0 Å². The Balaban J connectivity index is 2.97. The maximum absolute atomic E-state index is 4.49. The maximum Gasteiger partial charge on any atom is 0.129 e. The number of nitrogens with zero attached hydrogens (tertiary/aromatic N) is 2. The third-order valence-electron chi connectivity index (χ3n) is 2.51. The molecule has 0 amide bonds. The molecule has 0 N–H and O–H groups in total. The van der Waals surface area contributed by atoms with Crippen LogP contribution in [0.15, 0.2) is 16.7 Å². The van der Waals surface area contributed by atoms with Gasteiger partial charge in [0.2, 0.25) is 0 Å². The molecule has 0 aliphatic rings. The van der Waals surface area contributed by atoms with Crippen LogP contribution in [0.3, 0.4) is 0 Å². The molecule has 0 saturated heterocycles. The molecule has 0 aliphatic heterocycles. The van der Waals surface area contributed by atoms with Gasteiger partial charge in [0.05, 0.1) is 0 Å². The summed E-state index contributed by atoms with van der Waals surface area (Å²) in [6.45, 7) is 12.0. The Bertz CT molecular complexity index is 348. The lowest BCUT2D eigenvalue weighted by molar-refractivity contribution is 0.566. The molecule has 0 atom stereocenters. The van der Waals surface area contributed by atoms with Crippen molar-refractivity contribution in [1.82, 2.24) is 4.98 Å². The van der Waals surface area contributed by atoms with Gasteiger partial charge in [-0.15, -0.1) is 0 Å². The zero-order valence-corrected chi connectivity index (χ0v) is 12.4. The second kappa shape index (κ2) is 5.67. The van der Waals surface area contributed by atoms with Gasteiger partial charge in [-0.3, -0.25) is 0 Å². The van der Waals surface area contributed by atoms with Gasteiger partial charge in [-0.25, -0.2) is 4.98 Å². The number of hydrogen-bond donors (Lipinski definition) is 0. The van der Waals surface area contributed by atoms with E-state index in [1.54, 1.807) is 0 Å². The number of aryl methyl sites for hydroxylation is 1. The molecular weight excluding hydrogens is 264 g/mol. The Morgan fingerprint density at radius 2 is 1.94 bits per heavy atom. The van der Waals surface area contributed by atoms with Crippen molar-refractivity contribution in [1.29, 1.82) is 0 Å². The smallest absolute Gasteiger partial charge is 0.129 e. The van der Waals surface area contributed by atoms with E-state index in [9.17, 15) is 0 Å². The van der Waals surface area contributed by atoms with Crippen LogP contribution in [0, 0.1) is 12.8 Å². The molecule has 16 heavy (non-hydrogen) atoms. The van der Waals surface area contributed by atoms with Gasteiger partial charge in [-0.05, 0) is 54.2 Å². The zero-order valence-electron chi connectivity index (χ0n) is 10.8. The molecule has 0 aliphatic carbocycles. The molecule has 0 aromatic carbocycles. The van der Waals surface area contributed by atoms with E-state index in [0.29, 0.717) is 12.0 Å². The van der Waals surface area contributed by atoms with Crippen LogP contribution in [0.25, 0.3) is 0 Å². The molecule has 0 spiro atoms. The van der Waals surface area contributed by atoms with Crippen LogP contribution in [0.5, 0.6) is 0 Å². The fourth-order valence-corrected chi connectivity index (χ4v) is 1.86. The van der Waals surface area contributed by atoms with Crippen molar-refractivity contribution >= 4 is 21.7 Å². The third kappa shape index (κ3) is 3.48. The van der Waals surface area contributed by atoms with Crippen molar-refractivity contribution in [3.8, 4) is 0 Å². The van der Waals surface area contributed by atoms with Crippen LogP contribution in [0.4, 0.5) is 5.82 Å². The molecular formula is C13H21BrN2. The SMILES string of the molecule is Cc1cc(N(CC(C)C)C(C)C)ncc1Br. The highest BCUT2D eigenvalue weighted by atomic mass is 79.9. The molecule has 1 aromatic heterocycles. The highest BCUT2D eigenvalue weighted by molar-refractivity contribution is 9.10. The molecule has 1 rings (SSSR count). The van der Waals surface area contributed by atoms with Crippen LogP contribution in [0.2, 0.25) is 0 Å². The van der Waals surface area contributed by atoms with Gasteiger partial charge in [0.25, 0.3) is 0 Å². The summed E-state index contributed by atoms with van der Waals surface area (Å²) in [5.74, 6) is 1.72. The van der Waals surface area contributed by atoms with E-state index in [4.69, 9.17) is 0 Å². The maximum atomic E-state index is 4.49. The summed E-state index contributed by atoms with van der Waals surface area (Å²) >= 11 is 3.49. The van der Waals surface area contributed by atoms with Gasteiger partial charge >= 0.3 is 0 Å². The molecule has 1 aromatic rings. The molecule has 3 heteroatoms. The van der Waals surface area contributed by atoms with E-state index < -0.39 is 0 Å². The largest absolute Gasteiger partial charge is 0.354 e. The second-order valence-corrected chi connectivity index (χ2v) is 5.79. The summed E-state index contributed by atoms with van der Waals surface area (Å²) < 4.78 is 1.07. The number of halogens is 1. The van der Waals surface area contributed by atoms with Crippen LogP contribution < -0.4 is 4.90 Å². The first-order chi connectivity index (χ1) is 7.41. The van der Waals surface area contributed by atoms with Gasteiger partial charge in [-0.2, -0.15) is 0 Å². The first kappa shape index (κ1) is 13.5. The van der Waals surface area contributed by atoms with Crippen LogP contribution >= 0.6 is 15.9 Å². The minimum Gasteiger partial charge on any atom is -0.354 e. The van der Waals surface area contributed by atoms with Crippen LogP contribution in [0.1, 0.15) is 33.3 Å². The molecule has 90 valence electrons. The Kier molecular flexibility index (Phi) is 4.78. The van der Waals surface area contributed by atoms with Crippen LogP contribution in [-0.4, -0.2) is 17.6 Å². The van der Waals surface area contributed by atoms with Gasteiger partial charge < -0.3 is 4.90 Å². The predicted molar refractivity (Wildman–Crippen MR) is 74.0 cm³/mol. The Morgan fingerprint density at radius 3 is 2.38 bits per heavy atom. The van der Waals surface area contributed by atoms with E-state index in [1.807, 2.05) is 6.20 Å². The number of aromatic nitrogens is 1. The average molecular weight is 285 g/mol. The van der Waals surface area contributed by atoms with Crippen molar-refractivity contribution < 1.29 is 0 Å². The van der Waals surface area contributed by atoms with E-state index >= 15 is 0 Å². The Labute approximate surface area is 107 Å². The van der Waals surface area contributed by atoms with Gasteiger partial charge in [-0.1, -0.05) is 13.8 Å². The molecule has 1 heterocycles. The summed E-state index contributed by atoms with van der Waals surface area (Å²) in [7, 11) is 0. The number of rotatable bonds is 4. The fourth-order valence-electron chi connectivity index (χ4n) is 1.64. The number of anilines is 1. The summed E-state index contributed by atoms with van der Waals surface area (Å²) in [6.07, 6.45) is 1.89. The van der Waals surface area contributed by atoms with E-state index in [2.05, 4.69) is 66.5 Å². The van der Waals surface area contributed by atoms with Gasteiger partial charge in [0.15, 0.2) is 0 Å². The Morgan fingerprint density at radius 1 is 1.31 bits per heavy atom. The zero-order chi connectivity index (χ0) is 12.3. The van der Waals surface area contributed by atoms with E-state index in [1.165, 1.54) is 5.56 Å². The lowest BCUT2D eigenvalue weighted by atomic mass is 10.1. The highest BCUT2D eigenvalue weighted by Crippen LogP contribution is 2.22. The van der Waals surface area contributed by atoms with Crippen molar-refractivity contribution in [2.75, 3.05) is 11.4 Å². The standard InChI is InChI=1S/C13H21BrN2/c1-9(2)8-16(10(3)4)13-6-11(5)12(14)7-15-13/h6-7,9-10H,8H2,1-5H3. The van der Waals surface area contributed by atoms with Crippen molar-refractivity contribution in [2.24, 2.45) is 5.92 Å². The van der Waals surface area contributed by atoms with Gasteiger partial charge in [0.1, 0.15) is 5.82 Å². The van der Waals surface area contributed by atoms with Crippen molar-refractivity contribution in [2.45, 2.75) is 40.7 Å². The monoisotopic (exact) mass is 284 g/mol. The normalized spacial score (nSPS) is 11.2. The Hall–Kier alpha value is -0.570. The summed E-state index contributed by atoms with van der Waals surface area (Å²) in [5, 5.41) is 0. The number of pyridine rings is 1. The highest BCUT2D eigenvalue weighted by Gasteiger charge is 2.13. The van der Waals surface area contributed by atoms with Crippen LogP contribution in [-0.2, 0) is 0 Å². The summed E-state index contributed by atoms with van der Waals surface area (Å²) in [6, 6.07) is 2.63. The fraction of sp³-hybridized carbons (Fsp3) is 0.615. The second-order valence-electron chi connectivity index (χ2n) is 4.93. The van der Waals surface area contributed by atoms with Gasteiger partial charge in [0, 0.05) is 23.3 Å². The minimum atomic E-state index is 0.482. The quantitative estimate of drug-likeness (QED) is 0.830. The minimum absolute atomic E-state index is 0.482. The molecule has 0 saturated carbocycles. The molecule has 2 nitrogen and oxygen atoms in total. The number of hydrogen-bond acceptors (Lipinski definition) is 2. The molecule has 0 fully saturated rings. The third-order valence-corrected chi connectivity index (χ3v) is 3.34. The molecule has 0 unspecified atom stereocenters. The van der Waals surface area contributed by atoms with Crippen molar-refractivity contribution in [3.05, 3.63) is 22.3 Å². The molecule has 0 radical (unpaired) electrons.